The molecule has 1 N–H and O–H groups in total. The first-order chi connectivity index (χ1) is 17.1. The van der Waals surface area contributed by atoms with E-state index in [0.717, 1.165) is 11.1 Å². The quantitative estimate of drug-likeness (QED) is 0.441. The molecule has 0 fully saturated rings. The van der Waals surface area contributed by atoms with Crippen LogP contribution in [0.3, 0.4) is 0 Å². The highest BCUT2D eigenvalue weighted by Crippen LogP contribution is 2.38. The molecule has 4 rings (SSSR count). The molecule has 0 saturated carbocycles. The Bertz CT molecular complexity index is 1270. The Morgan fingerprint density at radius 1 is 1.11 bits per heavy atom. The fourth-order valence-corrected chi connectivity index (χ4v) is 4.55. The first kappa shape index (κ1) is 25.2. The van der Waals surface area contributed by atoms with Crippen molar-refractivity contribution < 1.29 is 28.6 Å². The molecule has 1 aliphatic rings. The number of hydrogen-bond donors (Lipinski definition) is 1. The van der Waals surface area contributed by atoms with Gasteiger partial charge in [0.05, 0.1) is 6.10 Å². The van der Waals surface area contributed by atoms with Gasteiger partial charge in [-0.3, -0.25) is 9.59 Å². The minimum absolute atomic E-state index is 0.00490. The Labute approximate surface area is 210 Å². The molecular weight excluding hydrogens is 461 g/mol. The number of fused-ring (bicyclic) bond motifs is 1. The summed E-state index contributed by atoms with van der Waals surface area (Å²) in [7, 11) is 0. The molecule has 1 atom stereocenters. The van der Waals surface area contributed by atoms with E-state index in [4.69, 9.17) is 9.47 Å². The van der Waals surface area contributed by atoms with Crippen LogP contribution in [0.15, 0.2) is 66.7 Å². The zero-order chi connectivity index (χ0) is 25.9. The van der Waals surface area contributed by atoms with E-state index in [1.807, 2.05) is 45.0 Å². The number of carboxylic acids is 1. The molecule has 3 aromatic rings. The van der Waals surface area contributed by atoms with Crippen LogP contribution >= 0.6 is 0 Å². The molecule has 6 nitrogen and oxygen atoms in total. The van der Waals surface area contributed by atoms with Crippen molar-refractivity contribution in [3.05, 3.63) is 94.8 Å². The van der Waals surface area contributed by atoms with Gasteiger partial charge in [0.15, 0.2) is 0 Å². The number of benzene rings is 3. The number of rotatable bonds is 9. The molecule has 0 aromatic heterocycles. The Hall–Kier alpha value is -3.87. The second kappa shape index (κ2) is 10.4. The van der Waals surface area contributed by atoms with Gasteiger partial charge >= 0.3 is 5.97 Å². The average molecular weight is 492 g/mol. The van der Waals surface area contributed by atoms with Gasteiger partial charge in [-0.05, 0) is 73.9 Å². The summed E-state index contributed by atoms with van der Waals surface area (Å²) in [5.74, 6) is -0.456. The van der Waals surface area contributed by atoms with E-state index in [1.54, 1.807) is 36.4 Å². The molecule has 7 heteroatoms. The van der Waals surface area contributed by atoms with E-state index in [2.05, 4.69) is 0 Å². The van der Waals surface area contributed by atoms with Crippen LogP contribution in [-0.2, 0) is 24.2 Å². The molecular formula is C29H30FNO5. The molecule has 36 heavy (non-hydrogen) atoms. The summed E-state index contributed by atoms with van der Waals surface area (Å²) in [6.45, 7) is 5.45. The van der Waals surface area contributed by atoms with Gasteiger partial charge in [0.1, 0.15) is 29.5 Å². The standard InChI is InChI=1S/C29H30FNO5/c1-19(2)35-24-9-6-7-20(13-24)17-31(18-27(32)33)28(34)21-11-12-26-23(14-21)16-29(3,36-26)15-22-8-4-5-10-25(22)30/h4-14,19H,15-18H2,1-3H3,(H,32,33)/t29-/m1/s1. The Balaban J connectivity index is 1.53. The van der Waals surface area contributed by atoms with Crippen LogP contribution in [0.5, 0.6) is 11.5 Å². The predicted molar refractivity (Wildman–Crippen MR) is 134 cm³/mol. The molecule has 3 aromatic carbocycles. The van der Waals surface area contributed by atoms with Gasteiger partial charge in [0, 0.05) is 24.9 Å². The molecule has 0 aliphatic carbocycles. The third-order valence-corrected chi connectivity index (χ3v) is 6.01. The summed E-state index contributed by atoms with van der Waals surface area (Å²) in [6.07, 6.45) is 0.887. The Morgan fingerprint density at radius 3 is 2.61 bits per heavy atom. The van der Waals surface area contributed by atoms with Crippen LogP contribution < -0.4 is 9.47 Å². The van der Waals surface area contributed by atoms with Crippen molar-refractivity contribution in [1.82, 2.24) is 4.90 Å². The van der Waals surface area contributed by atoms with E-state index < -0.39 is 24.0 Å². The van der Waals surface area contributed by atoms with Gasteiger partial charge in [0.25, 0.3) is 5.91 Å². The molecule has 0 bridgehead atoms. The number of amides is 1. The third kappa shape index (κ3) is 6.03. The van der Waals surface area contributed by atoms with Crippen LogP contribution in [0, 0.1) is 5.82 Å². The normalized spacial score (nSPS) is 16.4. The Morgan fingerprint density at radius 2 is 1.89 bits per heavy atom. The van der Waals surface area contributed by atoms with Gasteiger partial charge in [-0.25, -0.2) is 4.39 Å². The van der Waals surface area contributed by atoms with Gasteiger partial charge in [-0.1, -0.05) is 30.3 Å². The van der Waals surface area contributed by atoms with Gasteiger partial charge in [0.2, 0.25) is 0 Å². The summed E-state index contributed by atoms with van der Waals surface area (Å²) in [5, 5.41) is 9.45. The van der Waals surface area contributed by atoms with Crippen molar-refractivity contribution in [2.45, 2.75) is 51.9 Å². The highest BCUT2D eigenvalue weighted by atomic mass is 19.1. The van der Waals surface area contributed by atoms with E-state index >= 15 is 0 Å². The minimum Gasteiger partial charge on any atom is -0.491 e. The zero-order valence-corrected chi connectivity index (χ0v) is 20.7. The van der Waals surface area contributed by atoms with Crippen LogP contribution in [0.2, 0.25) is 0 Å². The van der Waals surface area contributed by atoms with Crippen molar-refractivity contribution in [2.75, 3.05) is 6.54 Å². The van der Waals surface area contributed by atoms with Gasteiger partial charge < -0.3 is 19.5 Å². The fraction of sp³-hybridized carbons (Fsp3) is 0.310. The maximum atomic E-state index is 14.2. The van der Waals surface area contributed by atoms with E-state index in [9.17, 15) is 19.1 Å². The number of aliphatic carboxylic acids is 1. The fourth-order valence-electron chi connectivity index (χ4n) is 4.55. The maximum Gasteiger partial charge on any atom is 0.323 e. The average Bonchev–Trinajstić information content (AvgIpc) is 3.14. The van der Waals surface area contributed by atoms with Crippen LogP contribution in [-0.4, -0.2) is 40.1 Å². The van der Waals surface area contributed by atoms with E-state index in [-0.39, 0.29) is 18.5 Å². The number of carbonyl (C=O) groups is 2. The number of nitrogens with zero attached hydrogens (tertiary/aromatic N) is 1. The predicted octanol–water partition coefficient (Wildman–Crippen LogP) is 5.28. The molecule has 0 saturated heterocycles. The molecule has 1 aliphatic heterocycles. The SMILES string of the molecule is CC(C)Oc1cccc(CN(CC(=O)O)C(=O)c2ccc3c(c2)C[C@@](C)(Cc2ccccc2F)O3)c1. The van der Waals surface area contributed by atoms with Gasteiger partial charge in [-0.2, -0.15) is 0 Å². The highest BCUT2D eigenvalue weighted by molar-refractivity contribution is 5.96. The molecule has 0 spiro atoms. The summed E-state index contributed by atoms with van der Waals surface area (Å²) in [5.41, 5.74) is 1.90. The first-order valence-corrected chi connectivity index (χ1v) is 11.9. The Kier molecular flexibility index (Phi) is 7.29. The van der Waals surface area contributed by atoms with Crippen molar-refractivity contribution in [3.8, 4) is 11.5 Å². The van der Waals surface area contributed by atoms with Crippen LogP contribution in [0.4, 0.5) is 4.39 Å². The molecule has 188 valence electrons. The zero-order valence-electron chi connectivity index (χ0n) is 20.7. The second-order valence-electron chi connectivity index (χ2n) is 9.69. The third-order valence-electron chi connectivity index (χ3n) is 6.01. The summed E-state index contributed by atoms with van der Waals surface area (Å²) >= 11 is 0. The van der Waals surface area contributed by atoms with Crippen LogP contribution in [0.25, 0.3) is 0 Å². The van der Waals surface area contributed by atoms with Crippen molar-refractivity contribution in [2.24, 2.45) is 0 Å². The molecule has 1 heterocycles. The van der Waals surface area contributed by atoms with E-state index in [0.29, 0.717) is 35.5 Å². The largest absolute Gasteiger partial charge is 0.491 e. The van der Waals surface area contributed by atoms with E-state index in [1.165, 1.54) is 11.0 Å². The number of carboxylic acid groups (broad SMARTS) is 1. The highest BCUT2D eigenvalue weighted by Gasteiger charge is 2.36. The van der Waals surface area contributed by atoms with Gasteiger partial charge in [-0.15, -0.1) is 0 Å². The maximum absolute atomic E-state index is 14.2. The lowest BCUT2D eigenvalue weighted by Crippen LogP contribution is -2.35. The number of carbonyl (C=O) groups excluding carboxylic acids is 1. The summed E-state index contributed by atoms with van der Waals surface area (Å²) < 4.78 is 26.1. The van der Waals surface area contributed by atoms with Crippen molar-refractivity contribution in [1.29, 1.82) is 0 Å². The monoisotopic (exact) mass is 491 g/mol. The molecule has 1 amide bonds. The summed E-state index contributed by atoms with van der Waals surface area (Å²) in [6, 6.07) is 19.0. The second-order valence-corrected chi connectivity index (χ2v) is 9.69. The first-order valence-electron chi connectivity index (χ1n) is 11.9. The number of hydrogen-bond acceptors (Lipinski definition) is 4. The lowest BCUT2D eigenvalue weighted by Gasteiger charge is -2.24. The van der Waals surface area contributed by atoms with Crippen LogP contribution in [0.1, 0.15) is 47.8 Å². The van der Waals surface area contributed by atoms with Crippen molar-refractivity contribution >= 4 is 11.9 Å². The number of halogens is 1. The molecule has 0 radical (unpaired) electrons. The van der Waals surface area contributed by atoms with Crippen molar-refractivity contribution in [3.63, 3.8) is 0 Å². The lowest BCUT2D eigenvalue weighted by atomic mass is 9.91. The topological polar surface area (TPSA) is 76.1 Å². The minimum atomic E-state index is -1.10. The number of ether oxygens (including phenoxy) is 2. The molecule has 0 unspecified atom stereocenters. The summed E-state index contributed by atoms with van der Waals surface area (Å²) in [4.78, 5) is 26.2. The smallest absolute Gasteiger partial charge is 0.323 e. The lowest BCUT2D eigenvalue weighted by molar-refractivity contribution is -0.137.